The summed E-state index contributed by atoms with van der Waals surface area (Å²) in [7, 11) is 0. The van der Waals surface area contributed by atoms with Gasteiger partial charge in [0.2, 0.25) is 5.91 Å². The van der Waals surface area contributed by atoms with Crippen LogP contribution in [0.2, 0.25) is 0 Å². The molecule has 2 rings (SSSR count). The molecule has 1 heterocycles. The van der Waals surface area contributed by atoms with Crippen LogP contribution in [0.15, 0.2) is 48.9 Å². The minimum absolute atomic E-state index is 0.131. The molecule has 0 atom stereocenters. The first-order chi connectivity index (χ1) is 9.95. The number of amides is 1. The first kappa shape index (κ1) is 14.9. The van der Waals surface area contributed by atoms with Gasteiger partial charge in [0.1, 0.15) is 0 Å². The molecule has 0 fully saturated rings. The third kappa shape index (κ3) is 4.53. The van der Waals surface area contributed by atoms with Crippen LogP contribution in [0.4, 0.5) is 5.82 Å². The SMILES string of the molecule is CC(C)(C)c1ccc(C=CC(=O)Nc2cnccn2)cc1. The van der Waals surface area contributed by atoms with E-state index in [9.17, 15) is 4.79 Å². The molecule has 1 aromatic heterocycles. The zero-order valence-electron chi connectivity index (χ0n) is 12.5. The van der Waals surface area contributed by atoms with E-state index in [0.29, 0.717) is 5.82 Å². The van der Waals surface area contributed by atoms with Gasteiger partial charge in [-0.3, -0.25) is 9.78 Å². The summed E-state index contributed by atoms with van der Waals surface area (Å²) in [6.07, 6.45) is 7.86. The Morgan fingerprint density at radius 2 is 1.86 bits per heavy atom. The van der Waals surface area contributed by atoms with Gasteiger partial charge in [-0.2, -0.15) is 0 Å². The molecule has 0 aliphatic carbocycles. The molecule has 4 nitrogen and oxygen atoms in total. The Balaban J connectivity index is 1.99. The number of hydrogen-bond acceptors (Lipinski definition) is 3. The van der Waals surface area contributed by atoms with Crippen molar-refractivity contribution in [3.63, 3.8) is 0 Å². The van der Waals surface area contributed by atoms with Crippen LogP contribution in [-0.4, -0.2) is 15.9 Å². The number of nitrogens with zero attached hydrogens (tertiary/aromatic N) is 2. The highest BCUT2D eigenvalue weighted by atomic mass is 16.1. The second kappa shape index (κ2) is 6.31. The number of benzene rings is 1. The molecule has 1 N–H and O–H groups in total. The zero-order valence-corrected chi connectivity index (χ0v) is 12.5. The summed E-state index contributed by atoms with van der Waals surface area (Å²) in [6.45, 7) is 6.52. The summed E-state index contributed by atoms with van der Waals surface area (Å²) in [4.78, 5) is 19.6. The Morgan fingerprint density at radius 1 is 1.14 bits per heavy atom. The molecule has 0 saturated carbocycles. The van der Waals surface area contributed by atoms with Crippen LogP contribution in [0.25, 0.3) is 6.08 Å². The van der Waals surface area contributed by atoms with E-state index in [1.54, 1.807) is 12.3 Å². The van der Waals surface area contributed by atoms with Crippen LogP contribution in [-0.2, 0) is 10.2 Å². The standard InChI is InChI=1S/C17H19N3O/c1-17(2,3)14-7-4-13(5-8-14)6-9-16(21)20-15-12-18-10-11-19-15/h4-12H,1-3H3,(H,19,20,21). The van der Waals surface area contributed by atoms with E-state index in [1.807, 2.05) is 12.1 Å². The third-order valence-corrected chi connectivity index (χ3v) is 3.02. The smallest absolute Gasteiger partial charge is 0.249 e. The van der Waals surface area contributed by atoms with Gasteiger partial charge in [-0.05, 0) is 22.6 Å². The number of hydrogen-bond donors (Lipinski definition) is 1. The van der Waals surface area contributed by atoms with E-state index in [1.165, 1.54) is 24.0 Å². The highest BCUT2D eigenvalue weighted by Crippen LogP contribution is 2.22. The molecule has 0 aliphatic rings. The minimum Gasteiger partial charge on any atom is -0.306 e. The van der Waals surface area contributed by atoms with Crippen molar-refractivity contribution >= 4 is 17.8 Å². The van der Waals surface area contributed by atoms with Crippen molar-refractivity contribution in [1.82, 2.24) is 9.97 Å². The predicted octanol–water partition coefficient (Wildman–Crippen LogP) is 3.43. The number of carbonyl (C=O) groups excluding carboxylic acids is 1. The van der Waals surface area contributed by atoms with Crippen molar-refractivity contribution in [3.8, 4) is 0 Å². The first-order valence-corrected chi connectivity index (χ1v) is 6.81. The van der Waals surface area contributed by atoms with Crippen LogP contribution < -0.4 is 5.32 Å². The molecule has 0 bridgehead atoms. The van der Waals surface area contributed by atoms with Gasteiger partial charge in [-0.15, -0.1) is 0 Å². The maximum Gasteiger partial charge on any atom is 0.249 e. The van der Waals surface area contributed by atoms with Crippen LogP contribution in [0.5, 0.6) is 0 Å². The van der Waals surface area contributed by atoms with E-state index in [4.69, 9.17) is 0 Å². The number of anilines is 1. The summed E-state index contributed by atoms with van der Waals surface area (Å²) in [5, 5.41) is 2.65. The number of carbonyl (C=O) groups is 1. The lowest BCUT2D eigenvalue weighted by atomic mass is 9.87. The Kier molecular flexibility index (Phi) is 4.48. The van der Waals surface area contributed by atoms with Gasteiger partial charge in [0.05, 0.1) is 6.20 Å². The summed E-state index contributed by atoms with van der Waals surface area (Å²) >= 11 is 0. The second-order valence-electron chi connectivity index (χ2n) is 5.79. The van der Waals surface area contributed by atoms with E-state index in [0.717, 1.165) is 5.56 Å². The van der Waals surface area contributed by atoms with Gasteiger partial charge in [0, 0.05) is 18.5 Å². The van der Waals surface area contributed by atoms with Gasteiger partial charge >= 0.3 is 0 Å². The fourth-order valence-corrected chi connectivity index (χ4v) is 1.80. The van der Waals surface area contributed by atoms with Crippen molar-refractivity contribution in [3.05, 3.63) is 60.1 Å². The maximum absolute atomic E-state index is 11.7. The molecule has 0 unspecified atom stereocenters. The van der Waals surface area contributed by atoms with E-state index < -0.39 is 0 Å². The number of nitrogens with one attached hydrogen (secondary N) is 1. The summed E-state index contributed by atoms with van der Waals surface area (Å²) < 4.78 is 0. The summed E-state index contributed by atoms with van der Waals surface area (Å²) in [5.74, 6) is 0.214. The van der Waals surface area contributed by atoms with Crippen molar-refractivity contribution in [2.45, 2.75) is 26.2 Å². The predicted molar refractivity (Wildman–Crippen MR) is 84.8 cm³/mol. The lowest BCUT2D eigenvalue weighted by Crippen LogP contribution is -2.10. The molecule has 4 heteroatoms. The van der Waals surface area contributed by atoms with E-state index in [-0.39, 0.29) is 11.3 Å². The quantitative estimate of drug-likeness (QED) is 0.877. The highest BCUT2D eigenvalue weighted by molar-refractivity contribution is 6.01. The molecule has 0 radical (unpaired) electrons. The fourth-order valence-electron chi connectivity index (χ4n) is 1.80. The first-order valence-electron chi connectivity index (χ1n) is 6.81. The van der Waals surface area contributed by atoms with Gasteiger partial charge in [-0.25, -0.2) is 4.98 Å². The van der Waals surface area contributed by atoms with Gasteiger partial charge in [-0.1, -0.05) is 45.0 Å². The molecule has 108 valence electrons. The van der Waals surface area contributed by atoms with Crippen LogP contribution in [0.1, 0.15) is 31.9 Å². The van der Waals surface area contributed by atoms with Gasteiger partial charge in [0.15, 0.2) is 5.82 Å². The Morgan fingerprint density at radius 3 is 2.43 bits per heavy atom. The number of rotatable bonds is 3. The van der Waals surface area contributed by atoms with Crippen molar-refractivity contribution in [2.24, 2.45) is 0 Å². The lowest BCUT2D eigenvalue weighted by Gasteiger charge is -2.18. The maximum atomic E-state index is 11.7. The monoisotopic (exact) mass is 281 g/mol. The Hall–Kier alpha value is -2.49. The molecule has 0 saturated heterocycles. The van der Waals surface area contributed by atoms with E-state index >= 15 is 0 Å². The second-order valence-corrected chi connectivity index (χ2v) is 5.79. The molecular weight excluding hydrogens is 262 g/mol. The van der Waals surface area contributed by atoms with Gasteiger partial charge < -0.3 is 5.32 Å². The Bertz CT molecular complexity index is 625. The van der Waals surface area contributed by atoms with Crippen LogP contribution in [0.3, 0.4) is 0 Å². The molecule has 2 aromatic rings. The molecule has 1 aromatic carbocycles. The minimum atomic E-state index is -0.226. The van der Waals surface area contributed by atoms with Crippen molar-refractivity contribution < 1.29 is 4.79 Å². The zero-order chi connectivity index (χ0) is 15.3. The normalized spacial score (nSPS) is 11.6. The van der Waals surface area contributed by atoms with Crippen LogP contribution in [0, 0.1) is 0 Å². The molecule has 0 spiro atoms. The highest BCUT2D eigenvalue weighted by Gasteiger charge is 2.12. The molecule has 21 heavy (non-hydrogen) atoms. The Labute approximate surface area is 125 Å². The topological polar surface area (TPSA) is 54.9 Å². The molecule has 1 amide bonds. The molecule has 0 aliphatic heterocycles. The third-order valence-electron chi connectivity index (χ3n) is 3.02. The summed E-state index contributed by atoms with van der Waals surface area (Å²) in [6, 6.07) is 8.18. The summed E-state index contributed by atoms with van der Waals surface area (Å²) in [5.41, 5.74) is 2.38. The number of aromatic nitrogens is 2. The van der Waals surface area contributed by atoms with Crippen molar-refractivity contribution in [2.75, 3.05) is 5.32 Å². The van der Waals surface area contributed by atoms with E-state index in [2.05, 4.69) is 48.2 Å². The largest absolute Gasteiger partial charge is 0.306 e. The van der Waals surface area contributed by atoms with Crippen LogP contribution >= 0.6 is 0 Å². The average Bonchev–Trinajstić information content (AvgIpc) is 2.46. The van der Waals surface area contributed by atoms with Gasteiger partial charge in [0.25, 0.3) is 0 Å². The van der Waals surface area contributed by atoms with Crippen molar-refractivity contribution in [1.29, 1.82) is 0 Å². The average molecular weight is 281 g/mol. The molecular formula is C17H19N3O. The lowest BCUT2D eigenvalue weighted by molar-refractivity contribution is -0.111. The fraction of sp³-hybridized carbons (Fsp3) is 0.235.